The molecule has 1 amide bonds. The van der Waals surface area contributed by atoms with Crippen LogP contribution in [-0.2, 0) is 4.79 Å². The van der Waals surface area contributed by atoms with Crippen LogP contribution in [0.4, 0.5) is 5.82 Å². The summed E-state index contributed by atoms with van der Waals surface area (Å²) in [5.74, 6) is -0.601. The topological polar surface area (TPSA) is 90.0 Å². The molecule has 2 aromatic heterocycles. The number of aromatic nitrogens is 3. The van der Waals surface area contributed by atoms with Crippen LogP contribution in [0.3, 0.4) is 0 Å². The fourth-order valence-electron chi connectivity index (χ4n) is 1.07. The molecule has 0 saturated carbocycles. The summed E-state index contributed by atoms with van der Waals surface area (Å²) in [5.41, 5.74) is 0. The highest BCUT2D eigenvalue weighted by Crippen LogP contribution is 2.00. The molecule has 0 radical (unpaired) electrons. The molecule has 0 aliphatic heterocycles. The van der Waals surface area contributed by atoms with Gasteiger partial charge in [-0.1, -0.05) is 5.16 Å². The minimum atomic E-state index is -0.473. The molecule has 7 nitrogen and oxygen atoms in total. The van der Waals surface area contributed by atoms with Crippen LogP contribution in [0.25, 0.3) is 0 Å². The summed E-state index contributed by atoms with van der Waals surface area (Å²) in [6.45, 7) is 0. The van der Waals surface area contributed by atoms with E-state index in [0.29, 0.717) is 0 Å². The van der Waals surface area contributed by atoms with Gasteiger partial charge in [0.15, 0.2) is 5.82 Å². The fourth-order valence-corrected chi connectivity index (χ4v) is 1.07. The minimum absolute atomic E-state index is 0.284. The van der Waals surface area contributed by atoms with E-state index < -0.39 is 11.8 Å². The van der Waals surface area contributed by atoms with E-state index in [9.17, 15) is 9.59 Å². The Labute approximate surface area is 95.7 Å². The molecule has 0 unspecified atom stereocenters. The summed E-state index contributed by atoms with van der Waals surface area (Å²) in [6, 6.07) is 3.10. The van der Waals surface area contributed by atoms with Gasteiger partial charge in [-0.2, -0.15) is 5.10 Å². The zero-order chi connectivity index (χ0) is 12.1. The molecule has 0 spiro atoms. The van der Waals surface area contributed by atoms with Crippen LogP contribution in [0.2, 0.25) is 0 Å². The van der Waals surface area contributed by atoms with E-state index in [-0.39, 0.29) is 5.82 Å². The molecule has 86 valence electrons. The van der Waals surface area contributed by atoms with Gasteiger partial charge in [-0.15, -0.1) is 0 Å². The van der Waals surface area contributed by atoms with Crippen molar-refractivity contribution in [2.75, 3.05) is 5.32 Å². The minimum Gasteiger partial charge on any atom is -0.363 e. The van der Waals surface area contributed by atoms with Crippen LogP contribution in [-0.4, -0.2) is 26.8 Å². The maximum atomic E-state index is 11.4. The molecule has 1 N–H and O–H groups in total. The lowest BCUT2D eigenvalue weighted by Gasteiger charge is -1.95. The highest BCUT2D eigenvalue weighted by molar-refractivity contribution is 6.03. The van der Waals surface area contributed by atoms with E-state index >= 15 is 0 Å². The van der Waals surface area contributed by atoms with Gasteiger partial charge < -0.3 is 9.84 Å². The second-order valence-corrected chi connectivity index (χ2v) is 3.00. The summed E-state index contributed by atoms with van der Waals surface area (Å²) in [7, 11) is 0. The quantitative estimate of drug-likeness (QED) is 0.787. The third-order valence-electron chi connectivity index (χ3n) is 1.80. The second-order valence-electron chi connectivity index (χ2n) is 3.00. The number of hydrogen-bond donors (Lipinski definition) is 1. The molecule has 0 atom stereocenters. The van der Waals surface area contributed by atoms with Crippen LogP contribution in [0.15, 0.2) is 47.5 Å². The van der Waals surface area contributed by atoms with E-state index in [2.05, 4.69) is 20.1 Å². The van der Waals surface area contributed by atoms with E-state index in [1.807, 2.05) is 0 Å². The first-order valence-electron chi connectivity index (χ1n) is 4.69. The van der Waals surface area contributed by atoms with Crippen molar-refractivity contribution < 1.29 is 14.1 Å². The molecule has 0 aliphatic rings. The van der Waals surface area contributed by atoms with E-state index in [1.165, 1.54) is 24.7 Å². The Bertz CT molecular complexity index is 528. The molecule has 2 rings (SSSR count). The third-order valence-corrected chi connectivity index (χ3v) is 1.80. The van der Waals surface area contributed by atoms with Crippen LogP contribution < -0.4 is 5.32 Å². The predicted molar refractivity (Wildman–Crippen MR) is 57.1 cm³/mol. The van der Waals surface area contributed by atoms with Crippen molar-refractivity contribution in [3.8, 4) is 0 Å². The largest absolute Gasteiger partial charge is 0.363 e. The number of nitrogens with zero attached hydrogens (tertiary/aromatic N) is 3. The van der Waals surface area contributed by atoms with Crippen molar-refractivity contribution in [3.05, 3.63) is 42.9 Å². The molecule has 0 aromatic carbocycles. The average molecular weight is 232 g/mol. The van der Waals surface area contributed by atoms with E-state index in [0.717, 1.165) is 16.8 Å². The average Bonchev–Trinajstić information content (AvgIpc) is 2.97. The molecular formula is C10H8N4O3. The first kappa shape index (κ1) is 10.8. The Kier molecular flexibility index (Phi) is 3.10. The summed E-state index contributed by atoms with van der Waals surface area (Å²) < 4.78 is 5.64. The lowest BCUT2D eigenvalue weighted by Crippen LogP contribution is -2.11. The number of amides is 1. The molecule has 7 heteroatoms. The zero-order valence-corrected chi connectivity index (χ0v) is 8.61. The molecular weight excluding hydrogens is 224 g/mol. The first-order chi connectivity index (χ1) is 8.25. The van der Waals surface area contributed by atoms with Gasteiger partial charge >= 0.3 is 0 Å². The van der Waals surface area contributed by atoms with E-state index in [1.54, 1.807) is 6.07 Å². The molecule has 0 aliphatic carbocycles. The Morgan fingerprint density at radius 2 is 2.29 bits per heavy atom. The highest BCUT2D eigenvalue weighted by atomic mass is 16.5. The van der Waals surface area contributed by atoms with Gasteiger partial charge in [0.25, 0.3) is 5.91 Å². The Morgan fingerprint density at radius 1 is 1.41 bits per heavy atom. The monoisotopic (exact) mass is 232 g/mol. The van der Waals surface area contributed by atoms with Crippen LogP contribution in [0, 0.1) is 0 Å². The molecule has 0 saturated heterocycles. The standard InChI is InChI=1S/C10H8N4O3/c15-9(12-8-4-7-17-13-8)2-3-10(16)14-6-1-5-11-14/h1-7H,(H,12,13,15). The fraction of sp³-hybridized carbons (Fsp3) is 0. The van der Waals surface area contributed by atoms with Crippen molar-refractivity contribution in [2.24, 2.45) is 0 Å². The van der Waals surface area contributed by atoms with E-state index in [4.69, 9.17) is 0 Å². The third kappa shape index (κ3) is 2.88. The van der Waals surface area contributed by atoms with Crippen molar-refractivity contribution in [1.29, 1.82) is 0 Å². The Hall–Kier alpha value is -2.70. The number of anilines is 1. The molecule has 0 bridgehead atoms. The molecule has 17 heavy (non-hydrogen) atoms. The smallest absolute Gasteiger partial charge is 0.271 e. The Morgan fingerprint density at radius 3 is 2.94 bits per heavy atom. The molecule has 2 heterocycles. The Balaban J connectivity index is 1.92. The molecule has 0 fully saturated rings. The van der Waals surface area contributed by atoms with Gasteiger partial charge in [0.1, 0.15) is 6.26 Å². The normalized spacial score (nSPS) is 10.6. The predicted octanol–water partition coefficient (Wildman–Crippen LogP) is 0.706. The number of carbonyl (C=O) groups is 2. The summed E-state index contributed by atoms with van der Waals surface area (Å²) >= 11 is 0. The number of nitrogens with one attached hydrogen (secondary N) is 1. The summed E-state index contributed by atoms with van der Waals surface area (Å²) in [6.07, 6.45) is 6.50. The van der Waals surface area contributed by atoms with Gasteiger partial charge in [0.05, 0.1) is 0 Å². The molecule has 2 aromatic rings. The van der Waals surface area contributed by atoms with Crippen molar-refractivity contribution in [1.82, 2.24) is 14.9 Å². The number of rotatable bonds is 3. The number of carbonyl (C=O) groups excluding carboxylic acids is 2. The van der Waals surface area contributed by atoms with Gasteiger partial charge in [-0.25, -0.2) is 4.68 Å². The van der Waals surface area contributed by atoms with Crippen molar-refractivity contribution in [2.45, 2.75) is 0 Å². The van der Waals surface area contributed by atoms with Gasteiger partial charge in [-0.3, -0.25) is 9.59 Å². The SMILES string of the molecule is O=C(C=CC(=O)n1cccn1)Nc1ccon1. The van der Waals surface area contributed by atoms with Crippen molar-refractivity contribution in [3.63, 3.8) is 0 Å². The summed E-state index contributed by atoms with van der Waals surface area (Å²) in [5, 5.41) is 9.63. The lowest BCUT2D eigenvalue weighted by atomic mass is 10.4. The van der Waals surface area contributed by atoms with Gasteiger partial charge in [0.2, 0.25) is 5.91 Å². The van der Waals surface area contributed by atoms with Crippen LogP contribution >= 0.6 is 0 Å². The highest BCUT2D eigenvalue weighted by Gasteiger charge is 2.03. The van der Waals surface area contributed by atoms with Crippen LogP contribution in [0.1, 0.15) is 4.79 Å². The number of hydrogen-bond acceptors (Lipinski definition) is 5. The second kappa shape index (κ2) is 4.88. The maximum absolute atomic E-state index is 11.4. The number of allylic oxidation sites excluding steroid dienone is 1. The zero-order valence-electron chi connectivity index (χ0n) is 8.61. The first-order valence-corrected chi connectivity index (χ1v) is 4.69. The summed E-state index contributed by atoms with van der Waals surface area (Å²) in [4.78, 5) is 22.7. The van der Waals surface area contributed by atoms with Crippen molar-refractivity contribution >= 4 is 17.6 Å². The lowest BCUT2D eigenvalue weighted by molar-refractivity contribution is -0.112. The van der Waals surface area contributed by atoms with Gasteiger partial charge in [0, 0.05) is 30.6 Å². The maximum Gasteiger partial charge on any atom is 0.271 e. The van der Waals surface area contributed by atoms with Gasteiger partial charge in [-0.05, 0) is 6.07 Å². The van der Waals surface area contributed by atoms with Crippen LogP contribution in [0.5, 0.6) is 0 Å².